The first kappa shape index (κ1) is 23.3. The van der Waals surface area contributed by atoms with Gasteiger partial charge in [0, 0.05) is 38.2 Å². The molecule has 0 spiro atoms. The number of amides is 1. The number of rotatable bonds is 8. The highest BCUT2D eigenvalue weighted by Gasteiger charge is 2.22. The Morgan fingerprint density at radius 2 is 2.09 bits per heavy atom. The molecule has 35 heavy (non-hydrogen) atoms. The second-order valence-electron chi connectivity index (χ2n) is 8.32. The van der Waals surface area contributed by atoms with Gasteiger partial charge in [-0.25, -0.2) is 4.98 Å². The summed E-state index contributed by atoms with van der Waals surface area (Å²) in [4.78, 5) is 34.8. The molecule has 10 heteroatoms. The molecule has 9 nitrogen and oxygen atoms in total. The summed E-state index contributed by atoms with van der Waals surface area (Å²) in [7, 11) is 1.66. The maximum Gasteiger partial charge on any atom is 0.256 e. The van der Waals surface area contributed by atoms with Crippen molar-refractivity contribution in [2.24, 2.45) is 0 Å². The summed E-state index contributed by atoms with van der Waals surface area (Å²) < 4.78 is 16.1. The van der Waals surface area contributed by atoms with Gasteiger partial charge in [-0.15, -0.1) is 0 Å². The van der Waals surface area contributed by atoms with E-state index in [4.69, 9.17) is 14.2 Å². The Morgan fingerprint density at radius 1 is 1.23 bits per heavy atom. The first-order chi connectivity index (χ1) is 17.1. The van der Waals surface area contributed by atoms with Crippen LogP contribution in [0.4, 0.5) is 0 Å². The van der Waals surface area contributed by atoms with Gasteiger partial charge in [0.25, 0.3) is 5.56 Å². The summed E-state index contributed by atoms with van der Waals surface area (Å²) in [6, 6.07) is 13.5. The van der Waals surface area contributed by atoms with Gasteiger partial charge in [0.15, 0.2) is 16.7 Å². The minimum Gasteiger partial charge on any atom is -0.496 e. The van der Waals surface area contributed by atoms with Crippen LogP contribution in [0.25, 0.3) is 0 Å². The van der Waals surface area contributed by atoms with Crippen LogP contribution in [0.15, 0.2) is 52.4 Å². The smallest absolute Gasteiger partial charge is 0.256 e. The summed E-state index contributed by atoms with van der Waals surface area (Å²) >= 11 is 1.23. The molecule has 182 valence electrons. The molecule has 3 aromatic rings. The minimum atomic E-state index is -0.150. The second-order valence-corrected chi connectivity index (χ2v) is 9.29. The third-order valence-electron chi connectivity index (χ3n) is 5.98. The molecule has 0 fully saturated rings. The topological polar surface area (TPSA) is 106 Å². The number of para-hydroxylation sites is 1. The van der Waals surface area contributed by atoms with E-state index in [1.165, 1.54) is 11.8 Å². The normalized spacial score (nSPS) is 14.4. The summed E-state index contributed by atoms with van der Waals surface area (Å²) in [5.41, 5.74) is 3.34. The maximum absolute atomic E-state index is 12.8. The van der Waals surface area contributed by atoms with E-state index in [1.807, 2.05) is 42.5 Å². The zero-order valence-electron chi connectivity index (χ0n) is 19.3. The first-order valence-electron chi connectivity index (χ1n) is 11.3. The predicted octanol–water partition coefficient (Wildman–Crippen LogP) is 2.47. The van der Waals surface area contributed by atoms with Crippen molar-refractivity contribution in [3.8, 4) is 17.2 Å². The first-order valence-corrected chi connectivity index (χ1v) is 12.3. The van der Waals surface area contributed by atoms with Gasteiger partial charge in [-0.2, -0.15) is 0 Å². The van der Waals surface area contributed by atoms with Crippen molar-refractivity contribution in [1.29, 1.82) is 0 Å². The Labute approximate surface area is 206 Å². The average molecular weight is 495 g/mol. The van der Waals surface area contributed by atoms with Crippen LogP contribution in [0.3, 0.4) is 0 Å². The number of hydrogen-bond donors (Lipinski definition) is 2. The Morgan fingerprint density at radius 3 is 2.97 bits per heavy atom. The lowest BCUT2D eigenvalue weighted by atomic mass is 10.1. The molecule has 5 rings (SSSR count). The average Bonchev–Trinajstić information content (AvgIpc) is 3.35. The second kappa shape index (κ2) is 10.4. The van der Waals surface area contributed by atoms with E-state index in [2.05, 4.69) is 20.2 Å². The van der Waals surface area contributed by atoms with E-state index in [9.17, 15) is 9.59 Å². The third-order valence-corrected chi connectivity index (χ3v) is 6.85. The van der Waals surface area contributed by atoms with Gasteiger partial charge in [-0.3, -0.25) is 14.5 Å². The Kier molecular flexibility index (Phi) is 6.91. The van der Waals surface area contributed by atoms with E-state index in [0.29, 0.717) is 48.3 Å². The lowest BCUT2D eigenvalue weighted by Crippen LogP contribution is -2.35. The van der Waals surface area contributed by atoms with Gasteiger partial charge in [0.1, 0.15) is 5.75 Å². The largest absolute Gasteiger partial charge is 0.496 e. The van der Waals surface area contributed by atoms with Crippen LogP contribution < -0.4 is 25.1 Å². The van der Waals surface area contributed by atoms with Crippen LogP contribution in [-0.4, -0.2) is 47.0 Å². The molecule has 2 aromatic carbocycles. The maximum atomic E-state index is 12.8. The van der Waals surface area contributed by atoms with Gasteiger partial charge in [0.2, 0.25) is 12.7 Å². The van der Waals surface area contributed by atoms with E-state index in [0.717, 1.165) is 29.1 Å². The summed E-state index contributed by atoms with van der Waals surface area (Å²) in [6.45, 7) is 2.61. The fourth-order valence-corrected chi connectivity index (χ4v) is 4.88. The highest BCUT2D eigenvalue weighted by molar-refractivity contribution is 7.99. The fourth-order valence-electron chi connectivity index (χ4n) is 4.17. The van der Waals surface area contributed by atoms with Crippen LogP contribution in [0.1, 0.15) is 22.4 Å². The van der Waals surface area contributed by atoms with Gasteiger partial charge in [-0.1, -0.05) is 36.0 Å². The summed E-state index contributed by atoms with van der Waals surface area (Å²) in [6.07, 6.45) is 0.679. The molecule has 0 radical (unpaired) electrons. The number of nitrogens with zero attached hydrogens (tertiary/aromatic N) is 2. The van der Waals surface area contributed by atoms with Gasteiger partial charge in [-0.05, 0) is 23.8 Å². The number of ether oxygens (including phenoxy) is 3. The van der Waals surface area contributed by atoms with Crippen LogP contribution >= 0.6 is 11.8 Å². The molecule has 2 N–H and O–H groups in total. The number of thioether (sulfide) groups is 1. The number of methoxy groups -OCH3 is 1. The van der Waals surface area contributed by atoms with Crippen LogP contribution in [0, 0.1) is 0 Å². The van der Waals surface area contributed by atoms with E-state index < -0.39 is 0 Å². The number of benzene rings is 2. The molecule has 3 heterocycles. The van der Waals surface area contributed by atoms with Gasteiger partial charge >= 0.3 is 0 Å². The Bertz CT molecular complexity index is 1300. The lowest BCUT2D eigenvalue weighted by molar-refractivity contribution is -0.118. The highest BCUT2D eigenvalue weighted by Crippen LogP contribution is 2.32. The molecule has 0 saturated carbocycles. The van der Waals surface area contributed by atoms with Crippen molar-refractivity contribution in [2.45, 2.75) is 31.2 Å². The fraction of sp³-hybridized carbons (Fsp3) is 0.320. The van der Waals surface area contributed by atoms with Crippen LogP contribution in [0.2, 0.25) is 0 Å². The van der Waals surface area contributed by atoms with Crippen LogP contribution in [-0.2, 0) is 30.8 Å². The molecule has 0 bridgehead atoms. The van der Waals surface area contributed by atoms with Crippen molar-refractivity contribution in [3.63, 3.8) is 0 Å². The van der Waals surface area contributed by atoms with Gasteiger partial charge in [0.05, 0.1) is 24.1 Å². The summed E-state index contributed by atoms with van der Waals surface area (Å²) in [5.74, 6) is 2.25. The minimum absolute atomic E-state index is 0.143. The Hall–Kier alpha value is -3.50. The van der Waals surface area contributed by atoms with E-state index >= 15 is 0 Å². The number of carbonyl (C=O) groups excluding carboxylic acids is 1. The lowest BCUT2D eigenvalue weighted by Gasteiger charge is -2.28. The summed E-state index contributed by atoms with van der Waals surface area (Å²) in [5, 5.41) is 3.35. The molecular weight excluding hydrogens is 468 g/mol. The highest BCUT2D eigenvalue weighted by atomic mass is 32.2. The standard InChI is InChI=1S/C25H26N4O5S/c1-32-20-5-3-2-4-17(20)12-29-9-8-19-18(13-29)24(31)28-25(27-19)35-14-23(30)26-11-16-6-7-21-22(10-16)34-15-33-21/h2-7,10H,8-9,11-15H2,1H3,(H,26,30)(H,27,28,31). The quantitative estimate of drug-likeness (QED) is 0.364. The number of carbonyl (C=O) groups is 1. The molecule has 1 aromatic heterocycles. The number of nitrogens with one attached hydrogen (secondary N) is 2. The number of hydrogen-bond acceptors (Lipinski definition) is 8. The number of fused-ring (bicyclic) bond motifs is 2. The van der Waals surface area contributed by atoms with Crippen molar-refractivity contribution in [2.75, 3.05) is 26.2 Å². The number of H-pyrrole nitrogens is 1. The van der Waals surface area contributed by atoms with Crippen molar-refractivity contribution in [1.82, 2.24) is 20.2 Å². The SMILES string of the molecule is COc1ccccc1CN1CCc2nc(SCC(=O)NCc3ccc4c(c3)OCO4)[nH]c(=O)c2C1. The molecule has 1 amide bonds. The molecular formula is C25H26N4O5S. The van der Waals surface area contributed by atoms with Crippen molar-refractivity contribution >= 4 is 17.7 Å². The zero-order valence-corrected chi connectivity index (χ0v) is 20.2. The number of aromatic amines is 1. The van der Waals surface area contributed by atoms with Gasteiger partial charge < -0.3 is 24.5 Å². The zero-order chi connectivity index (χ0) is 24.2. The Balaban J connectivity index is 1.15. The molecule has 0 unspecified atom stereocenters. The van der Waals surface area contributed by atoms with E-state index in [-0.39, 0.29) is 24.0 Å². The number of aromatic nitrogens is 2. The predicted molar refractivity (Wildman–Crippen MR) is 131 cm³/mol. The molecule has 2 aliphatic heterocycles. The monoisotopic (exact) mass is 494 g/mol. The molecule has 0 atom stereocenters. The van der Waals surface area contributed by atoms with Crippen LogP contribution in [0.5, 0.6) is 17.2 Å². The third kappa shape index (κ3) is 5.44. The molecule has 2 aliphatic rings. The van der Waals surface area contributed by atoms with Crippen molar-refractivity contribution in [3.05, 3.63) is 75.2 Å². The molecule has 0 saturated heterocycles. The van der Waals surface area contributed by atoms with Crippen molar-refractivity contribution < 1.29 is 19.0 Å². The molecule has 0 aliphatic carbocycles. The van der Waals surface area contributed by atoms with E-state index in [1.54, 1.807) is 7.11 Å².